The van der Waals surface area contributed by atoms with Crippen molar-refractivity contribution in [3.63, 3.8) is 0 Å². The van der Waals surface area contributed by atoms with E-state index in [0.29, 0.717) is 12.8 Å². The molecule has 0 unspecified atom stereocenters. The fourth-order valence-corrected chi connectivity index (χ4v) is 4.35. The van der Waals surface area contributed by atoms with Crippen LogP contribution in [0, 0.1) is 11.3 Å². The molecule has 1 N–H and O–H groups in total. The molecule has 1 aliphatic carbocycles. The molecule has 3 aromatic rings. The number of alkyl halides is 7. The van der Waals surface area contributed by atoms with Crippen LogP contribution >= 0.6 is 34.8 Å². The molecule has 1 amide bonds. The van der Waals surface area contributed by atoms with E-state index in [1.807, 2.05) is 6.07 Å². The molecule has 1 aliphatic rings. The third-order valence-electron chi connectivity index (χ3n) is 5.74. The first-order valence-electron chi connectivity index (χ1n) is 10.3. The first kappa shape index (κ1) is 27.9. The number of hydrogen-bond acceptors (Lipinski definition) is 4. The van der Waals surface area contributed by atoms with Crippen molar-refractivity contribution in [3.05, 3.63) is 63.1 Å². The summed E-state index contributed by atoms with van der Waals surface area (Å²) in [4.78, 5) is 16.5. The Bertz CT molecular complexity index is 1440. The van der Waals surface area contributed by atoms with E-state index in [0.717, 1.165) is 4.68 Å². The molecule has 0 atom stereocenters. The molecule has 0 spiro atoms. The molecule has 200 valence electrons. The second-order valence-electron chi connectivity index (χ2n) is 8.33. The Labute approximate surface area is 223 Å². The minimum absolute atomic E-state index is 0.0579. The van der Waals surface area contributed by atoms with Crippen LogP contribution < -0.4 is 5.32 Å². The number of nitriles is 1. The number of benzene rings is 1. The highest BCUT2D eigenvalue weighted by Crippen LogP contribution is 2.54. The van der Waals surface area contributed by atoms with Crippen LogP contribution in [0.25, 0.3) is 16.8 Å². The van der Waals surface area contributed by atoms with Gasteiger partial charge < -0.3 is 5.32 Å². The second kappa shape index (κ2) is 9.29. The quantitative estimate of drug-likeness (QED) is 0.253. The van der Waals surface area contributed by atoms with E-state index in [1.165, 1.54) is 24.7 Å². The Balaban J connectivity index is 1.70. The lowest BCUT2D eigenvalue weighted by atomic mass is 9.94. The molecule has 1 saturated carbocycles. The Hall–Kier alpha value is -3.08. The lowest BCUT2D eigenvalue weighted by molar-refractivity contribution is -0.348. The van der Waals surface area contributed by atoms with Crippen LogP contribution in [0.2, 0.25) is 15.2 Å². The number of nitrogens with one attached hydrogen (secondary N) is 1. The number of hydrogen-bond donors (Lipinski definition) is 1. The third-order valence-corrected chi connectivity index (χ3v) is 6.62. The van der Waals surface area contributed by atoms with E-state index in [4.69, 9.17) is 34.8 Å². The van der Waals surface area contributed by atoms with Crippen molar-refractivity contribution in [3.8, 4) is 22.9 Å². The summed E-state index contributed by atoms with van der Waals surface area (Å²) in [5.41, 5.74) is -8.39. The van der Waals surface area contributed by atoms with E-state index in [9.17, 15) is 40.8 Å². The highest BCUT2D eigenvalue weighted by Gasteiger charge is 2.73. The molecule has 2 heterocycles. The summed E-state index contributed by atoms with van der Waals surface area (Å²) in [5, 5.41) is 14.0. The van der Waals surface area contributed by atoms with Gasteiger partial charge in [0.15, 0.2) is 0 Å². The maximum absolute atomic E-state index is 14.5. The van der Waals surface area contributed by atoms with Gasteiger partial charge in [0.05, 0.1) is 27.9 Å². The normalized spacial score (nSPS) is 15.2. The van der Waals surface area contributed by atoms with Gasteiger partial charge in [0, 0.05) is 29.1 Å². The highest BCUT2D eigenvalue weighted by molar-refractivity contribution is 6.38. The molecule has 0 aliphatic heterocycles. The van der Waals surface area contributed by atoms with Crippen molar-refractivity contribution in [2.45, 2.75) is 36.4 Å². The van der Waals surface area contributed by atoms with Gasteiger partial charge >= 0.3 is 18.0 Å². The number of rotatable bonds is 5. The zero-order chi connectivity index (χ0) is 28.3. The van der Waals surface area contributed by atoms with Crippen molar-refractivity contribution in [1.29, 1.82) is 5.26 Å². The number of carbonyl (C=O) groups is 1. The predicted octanol–water partition coefficient (Wildman–Crippen LogP) is 6.97. The molecule has 16 heteroatoms. The first-order valence-corrected chi connectivity index (χ1v) is 11.4. The molecule has 1 aromatic carbocycles. The first-order chi connectivity index (χ1) is 17.5. The van der Waals surface area contributed by atoms with Gasteiger partial charge in [-0.1, -0.05) is 34.8 Å². The molecule has 1 fully saturated rings. The molecule has 4 rings (SSSR count). The van der Waals surface area contributed by atoms with Crippen molar-refractivity contribution in [2.24, 2.45) is 0 Å². The van der Waals surface area contributed by atoms with Crippen LogP contribution in [-0.2, 0) is 5.67 Å². The summed E-state index contributed by atoms with van der Waals surface area (Å²) in [6.07, 6.45) is -8.02. The molecule has 38 heavy (non-hydrogen) atoms. The van der Waals surface area contributed by atoms with E-state index in [-0.39, 0.29) is 39.7 Å². The summed E-state index contributed by atoms with van der Waals surface area (Å²) < 4.78 is 94.2. The van der Waals surface area contributed by atoms with E-state index >= 15 is 0 Å². The number of pyridine rings is 1. The maximum Gasteiger partial charge on any atom is 0.435 e. The standard InChI is InChI=1S/C22H11Cl3F7N5O/c23-14-4-12(20(26,21(27,28)29)22(30,31)32)5-15(24)16(14)37-8-11(7-35-37)10-3-13(17(25)34-6-10)18(38)36-19(9-33)1-2-19/h3-8H,1-2H2,(H,36,38). The largest absolute Gasteiger partial charge is 0.435 e. The monoisotopic (exact) mass is 599 g/mol. The molecule has 0 radical (unpaired) electrons. The number of carbonyl (C=O) groups excluding carboxylic acids is 1. The van der Waals surface area contributed by atoms with Crippen LogP contribution in [0.1, 0.15) is 28.8 Å². The van der Waals surface area contributed by atoms with Crippen LogP contribution in [-0.4, -0.2) is 38.6 Å². The molecule has 0 saturated heterocycles. The predicted molar refractivity (Wildman–Crippen MR) is 122 cm³/mol. The number of nitrogens with zero attached hydrogens (tertiary/aromatic N) is 4. The maximum atomic E-state index is 14.5. The van der Waals surface area contributed by atoms with Gasteiger partial charge in [-0.15, -0.1) is 0 Å². The lowest BCUT2D eigenvalue weighted by Gasteiger charge is -2.30. The van der Waals surface area contributed by atoms with Gasteiger partial charge in [0.2, 0.25) is 0 Å². The van der Waals surface area contributed by atoms with Crippen molar-refractivity contribution >= 4 is 40.7 Å². The Morgan fingerprint density at radius 3 is 2.05 bits per heavy atom. The van der Waals surface area contributed by atoms with Crippen molar-refractivity contribution in [1.82, 2.24) is 20.1 Å². The van der Waals surface area contributed by atoms with Crippen LogP contribution in [0.3, 0.4) is 0 Å². The minimum atomic E-state index is -6.35. The Morgan fingerprint density at radius 2 is 1.55 bits per heavy atom. The fraction of sp³-hybridized carbons (Fsp3) is 0.273. The summed E-state index contributed by atoms with van der Waals surface area (Å²) >= 11 is 17.9. The smallest absolute Gasteiger partial charge is 0.334 e. The molecular formula is C22H11Cl3F7N5O. The van der Waals surface area contributed by atoms with Crippen molar-refractivity contribution in [2.75, 3.05) is 0 Å². The zero-order valence-electron chi connectivity index (χ0n) is 18.4. The van der Waals surface area contributed by atoms with Gasteiger partial charge in [-0.05, 0) is 31.0 Å². The van der Waals surface area contributed by atoms with Gasteiger partial charge in [-0.3, -0.25) is 4.79 Å². The third kappa shape index (κ3) is 4.76. The van der Waals surface area contributed by atoms with Crippen LogP contribution in [0.4, 0.5) is 30.7 Å². The molecule has 0 bridgehead atoms. The second-order valence-corrected chi connectivity index (χ2v) is 9.50. The Kier molecular flexibility index (Phi) is 6.83. The molecule has 6 nitrogen and oxygen atoms in total. The van der Waals surface area contributed by atoms with E-state index in [2.05, 4.69) is 15.4 Å². The topological polar surface area (TPSA) is 83.6 Å². The number of aromatic nitrogens is 3. The van der Waals surface area contributed by atoms with Gasteiger partial charge in [0.25, 0.3) is 5.91 Å². The summed E-state index contributed by atoms with van der Waals surface area (Å²) in [7, 11) is 0. The average Bonchev–Trinajstić information content (AvgIpc) is 3.42. The number of amides is 1. The van der Waals surface area contributed by atoms with Gasteiger partial charge in [-0.2, -0.15) is 36.7 Å². The zero-order valence-corrected chi connectivity index (χ0v) is 20.6. The SMILES string of the molecule is N#CC1(NC(=O)c2cc(-c3cnn(-c4c(Cl)cc(C(F)(C(F)(F)F)C(F)(F)F)cc4Cl)c3)cnc2Cl)CC1. The summed E-state index contributed by atoms with van der Waals surface area (Å²) in [6, 6.07) is 3.68. The van der Waals surface area contributed by atoms with E-state index < -0.39 is 45.1 Å². The summed E-state index contributed by atoms with van der Waals surface area (Å²) in [5.74, 6) is -0.651. The minimum Gasteiger partial charge on any atom is -0.334 e. The lowest BCUT2D eigenvalue weighted by Crippen LogP contribution is -2.50. The van der Waals surface area contributed by atoms with Crippen molar-refractivity contribution < 1.29 is 35.5 Å². The van der Waals surface area contributed by atoms with Crippen LogP contribution in [0.15, 0.2) is 36.8 Å². The number of halogens is 10. The van der Waals surface area contributed by atoms with Gasteiger partial charge in [-0.25, -0.2) is 14.1 Å². The van der Waals surface area contributed by atoms with E-state index in [1.54, 1.807) is 0 Å². The summed E-state index contributed by atoms with van der Waals surface area (Å²) in [6.45, 7) is 0. The molecule has 2 aromatic heterocycles. The average molecular weight is 601 g/mol. The van der Waals surface area contributed by atoms with Gasteiger partial charge in [0.1, 0.15) is 16.4 Å². The Morgan fingerprint density at radius 1 is 0.974 bits per heavy atom. The fourth-order valence-electron chi connectivity index (χ4n) is 3.51. The molecular weight excluding hydrogens is 590 g/mol. The highest BCUT2D eigenvalue weighted by atomic mass is 35.5. The van der Waals surface area contributed by atoms with Crippen LogP contribution in [0.5, 0.6) is 0 Å².